The predicted molar refractivity (Wildman–Crippen MR) is 188 cm³/mol. The Kier molecular flexibility index (Phi) is 11.6. The van der Waals surface area contributed by atoms with Crippen LogP contribution in [0.3, 0.4) is 0 Å². The van der Waals surface area contributed by atoms with Crippen LogP contribution in [0, 0.1) is 5.92 Å². The molecule has 13 heteroatoms. The molecule has 3 aromatic carbocycles. The van der Waals surface area contributed by atoms with E-state index in [0.29, 0.717) is 4.88 Å². The topological polar surface area (TPSA) is 138 Å². The molecule has 0 fully saturated rings. The minimum atomic E-state index is -3.99. The Balaban J connectivity index is 1.39. The molecule has 5 aromatic rings. The first-order valence-electron chi connectivity index (χ1n) is 15.4. The third-order valence-corrected chi connectivity index (χ3v) is 11.7. The summed E-state index contributed by atoms with van der Waals surface area (Å²) in [6.07, 6.45) is -0.739. The number of aliphatic hydroxyl groups is 1. The minimum absolute atomic E-state index is 0.0129. The highest BCUT2D eigenvalue weighted by Crippen LogP contribution is 2.34. The summed E-state index contributed by atoms with van der Waals surface area (Å²) in [6.45, 7) is 3.74. The third kappa shape index (κ3) is 8.10. The molecule has 2 aromatic heterocycles. The van der Waals surface area contributed by atoms with Gasteiger partial charge in [-0.2, -0.15) is 4.31 Å². The fourth-order valence-electron chi connectivity index (χ4n) is 5.54. The van der Waals surface area contributed by atoms with E-state index in [9.17, 15) is 23.1 Å². The van der Waals surface area contributed by atoms with Crippen molar-refractivity contribution in [2.45, 2.75) is 43.3 Å². The lowest BCUT2D eigenvalue weighted by molar-refractivity contribution is -0.123. The fraction of sp³-hybridized carbons (Fsp3) is 0.286. The second-order valence-electron chi connectivity index (χ2n) is 11.6. The molecule has 0 saturated heterocycles. The zero-order valence-corrected chi connectivity index (χ0v) is 29.2. The number of sulfonamides is 1. The van der Waals surface area contributed by atoms with Crippen molar-refractivity contribution >= 4 is 54.9 Å². The second-order valence-corrected chi connectivity index (χ2v) is 15.6. The lowest BCUT2D eigenvalue weighted by atomic mass is 9.84. The number of benzene rings is 3. The van der Waals surface area contributed by atoms with Crippen molar-refractivity contribution in [3.8, 4) is 0 Å². The fourth-order valence-corrected chi connectivity index (χ4v) is 9.25. The largest absolute Gasteiger partial charge is 0.453 e. The van der Waals surface area contributed by atoms with Gasteiger partial charge in [0.25, 0.3) is 0 Å². The molecule has 0 radical (unpaired) electrons. The van der Waals surface area contributed by atoms with E-state index < -0.39 is 46.6 Å². The van der Waals surface area contributed by atoms with Crippen molar-refractivity contribution in [2.24, 2.45) is 5.92 Å². The molecule has 252 valence electrons. The number of thiazole rings is 1. The van der Waals surface area contributed by atoms with E-state index in [1.807, 2.05) is 74.5 Å². The van der Waals surface area contributed by atoms with Gasteiger partial charge in [0.05, 0.1) is 46.9 Å². The van der Waals surface area contributed by atoms with Crippen LogP contribution in [0.5, 0.6) is 0 Å². The van der Waals surface area contributed by atoms with Gasteiger partial charge in [0.2, 0.25) is 15.9 Å². The number of rotatable bonds is 14. The molecule has 0 aliphatic carbocycles. The Labute approximate surface area is 288 Å². The summed E-state index contributed by atoms with van der Waals surface area (Å²) >= 11 is 2.67. The number of amides is 2. The zero-order chi connectivity index (χ0) is 34.3. The molecule has 0 unspecified atom stereocenters. The van der Waals surface area contributed by atoms with Crippen LogP contribution in [-0.4, -0.2) is 61.1 Å². The molecular formula is C35H38N4O6S3. The van der Waals surface area contributed by atoms with Crippen LogP contribution < -0.4 is 10.6 Å². The molecule has 0 bridgehead atoms. The zero-order valence-electron chi connectivity index (χ0n) is 26.8. The van der Waals surface area contributed by atoms with Crippen LogP contribution >= 0.6 is 22.7 Å². The monoisotopic (exact) mass is 706 g/mol. The van der Waals surface area contributed by atoms with Crippen LogP contribution in [0.2, 0.25) is 0 Å². The van der Waals surface area contributed by atoms with E-state index in [0.717, 1.165) is 26.2 Å². The summed E-state index contributed by atoms with van der Waals surface area (Å²) in [7, 11) is -2.75. The minimum Gasteiger partial charge on any atom is -0.453 e. The van der Waals surface area contributed by atoms with Crippen molar-refractivity contribution in [1.29, 1.82) is 0 Å². The van der Waals surface area contributed by atoms with Crippen molar-refractivity contribution in [3.63, 3.8) is 0 Å². The number of carbonyl (C=O) groups excluding carboxylic acids is 2. The maximum Gasteiger partial charge on any atom is 0.407 e. The van der Waals surface area contributed by atoms with Gasteiger partial charge in [-0.1, -0.05) is 74.5 Å². The highest BCUT2D eigenvalue weighted by Gasteiger charge is 2.35. The molecule has 0 spiro atoms. The van der Waals surface area contributed by atoms with Gasteiger partial charge in [0.1, 0.15) is 6.04 Å². The first kappa shape index (κ1) is 35.2. The van der Waals surface area contributed by atoms with Gasteiger partial charge in [-0.15, -0.1) is 22.7 Å². The van der Waals surface area contributed by atoms with E-state index in [2.05, 4.69) is 15.6 Å². The average molecular weight is 707 g/mol. The first-order valence-corrected chi connectivity index (χ1v) is 18.5. The smallest absolute Gasteiger partial charge is 0.407 e. The molecule has 10 nitrogen and oxygen atoms in total. The lowest BCUT2D eigenvalue weighted by Gasteiger charge is -2.30. The van der Waals surface area contributed by atoms with E-state index in [4.69, 9.17) is 4.74 Å². The van der Waals surface area contributed by atoms with E-state index in [1.54, 1.807) is 35.8 Å². The van der Waals surface area contributed by atoms with Gasteiger partial charge in [0.15, 0.2) is 0 Å². The summed E-state index contributed by atoms with van der Waals surface area (Å²) in [5.41, 5.74) is 4.07. The average Bonchev–Trinajstić information content (AvgIpc) is 3.77. The van der Waals surface area contributed by atoms with Gasteiger partial charge < -0.3 is 20.5 Å². The van der Waals surface area contributed by atoms with E-state index in [1.165, 1.54) is 34.1 Å². The van der Waals surface area contributed by atoms with Gasteiger partial charge in [0, 0.05) is 22.2 Å². The predicted octanol–water partition coefficient (Wildman–Crippen LogP) is 5.91. The van der Waals surface area contributed by atoms with Gasteiger partial charge in [-0.05, 0) is 47.4 Å². The molecular weight excluding hydrogens is 669 g/mol. The SMILES string of the molecule is COC(=O)N[C@H](C(=O)NCc1ccc([C@@H](CO)N(CC(C)C)S(=O)(=O)c2ccc3ncsc3c2)s1)C(c1ccccc1)c1ccccc1. The number of thiophene rings is 1. The number of nitrogens with one attached hydrogen (secondary N) is 2. The standard InChI is InChI=1S/C35H38N4O6S3/c1-23(2)20-39(48(43,44)27-15-16-28-31(18-27)46-22-37-28)29(21-40)30-17-14-26(47-30)19-36-34(41)33(38-35(42)45-3)32(24-10-6-4-7-11-24)25-12-8-5-9-13-25/h4-18,22-23,29,32-33,40H,19-21H2,1-3H3,(H,36,41)(H,38,42)/t29-,33+/m1/s1. The molecule has 0 saturated carbocycles. The summed E-state index contributed by atoms with van der Waals surface area (Å²) in [6, 6.07) is 25.5. The third-order valence-electron chi connectivity index (χ3n) is 7.81. The number of carbonyl (C=O) groups is 2. The Morgan fingerprint density at radius 2 is 1.62 bits per heavy atom. The molecule has 2 atom stereocenters. The molecule has 2 heterocycles. The number of fused-ring (bicyclic) bond motifs is 1. The highest BCUT2D eigenvalue weighted by atomic mass is 32.2. The van der Waals surface area contributed by atoms with E-state index in [-0.39, 0.29) is 23.9 Å². The van der Waals surface area contributed by atoms with Crippen molar-refractivity contribution < 1.29 is 27.9 Å². The number of aromatic nitrogens is 1. The van der Waals surface area contributed by atoms with Gasteiger partial charge >= 0.3 is 6.09 Å². The molecule has 48 heavy (non-hydrogen) atoms. The maximum atomic E-state index is 14.0. The summed E-state index contributed by atoms with van der Waals surface area (Å²) < 4.78 is 35.0. The molecule has 0 aliphatic rings. The maximum absolute atomic E-state index is 14.0. The van der Waals surface area contributed by atoms with Crippen molar-refractivity contribution in [3.05, 3.63) is 117 Å². The lowest BCUT2D eigenvalue weighted by Crippen LogP contribution is -2.50. The quantitative estimate of drug-likeness (QED) is 0.131. The van der Waals surface area contributed by atoms with Gasteiger partial charge in [-0.3, -0.25) is 4.79 Å². The van der Waals surface area contributed by atoms with Crippen LogP contribution in [0.4, 0.5) is 4.79 Å². The normalized spacial score (nSPS) is 13.1. The second kappa shape index (κ2) is 15.8. The number of methoxy groups -OCH3 is 1. The number of alkyl carbamates (subject to hydrolysis) is 1. The number of hydrogen-bond donors (Lipinski definition) is 3. The Bertz CT molecular complexity index is 1890. The Morgan fingerprint density at radius 3 is 2.23 bits per heavy atom. The number of aliphatic hydroxyl groups excluding tert-OH is 1. The van der Waals surface area contributed by atoms with Crippen molar-refractivity contribution in [1.82, 2.24) is 19.9 Å². The first-order chi connectivity index (χ1) is 23.1. The molecule has 0 aliphatic heterocycles. The molecule has 5 rings (SSSR count). The number of nitrogens with zero attached hydrogens (tertiary/aromatic N) is 2. The van der Waals surface area contributed by atoms with Crippen molar-refractivity contribution in [2.75, 3.05) is 20.3 Å². The van der Waals surface area contributed by atoms with Gasteiger partial charge in [-0.25, -0.2) is 18.2 Å². The Morgan fingerprint density at radius 1 is 0.958 bits per heavy atom. The summed E-state index contributed by atoms with van der Waals surface area (Å²) in [4.78, 5) is 32.1. The van der Waals surface area contributed by atoms with Crippen LogP contribution in [0.1, 0.15) is 46.7 Å². The summed E-state index contributed by atoms with van der Waals surface area (Å²) in [5, 5.41) is 16.2. The molecule has 2 amide bonds. The number of hydrogen-bond acceptors (Lipinski definition) is 9. The van der Waals surface area contributed by atoms with Crippen LogP contribution in [0.15, 0.2) is 101 Å². The highest BCUT2D eigenvalue weighted by molar-refractivity contribution is 7.89. The molecule has 3 N–H and O–H groups in total. The summed E-state index contributed by atoms with van der Waals surface area (Å²) in [5.74, 6) is -0.946. The van der Waals surface area contributed by atoms with Crippen LogP contribution in [-0.2, 0) is 26.1 Å². The van der Waals surface area contributed by atoms with E-state index >= 15 is 0 Å². The van der Waals surface area contributed by atoms with Crippen LogP contribution in [0.25, 0.3) is 10.2 Å². The number of ether oxygens (including phenoxy) is 1. The Hall–Kier alpha value is -4.14.